The molecule has 0 spiro atoms. The Kier molecular flexibility index (Phi) is 6.39. The molecule has 0 bridgehead atoms. The number of nitrogens with one attached hydrogen (secondary N) is 1. The second kappa shape index (κ2) is 8.99. The van der Waals surface area contributed by atoms with Crippen molar-refractivity contribution in [3.05, 3.63) is 58.0 Å². The molecule has 2 aromatic heterocycles. The Morgan fingerprint density at radius 1 is 0.968 bits per heavy atom. The van der Waals surface area contributed by atoms with E-state index in [4.69, 9.17) is 14.2 Å². The number of benzene rings is 1. The average molecular weight is 424 g/mol. The Morgan fingerprint density at radius 2 is 1.68 bits per heavy atom. The highest BCUT2D eigenvalue weighted by molar-refractivity contribution is 6.09. The smallest absolute Gasteiger partial charge is 0.340 e. The van der Waals surface area contributed by atoms with Gasteiger partial charge in [0, 0.05) is 22.8 Å². The molecular weight excluding hydrogens is 400 g/mol. The lowest BCUT2D eigenvalue weighted by molar-refractivity contribution is 0.0471. The van der Waals surface area contributed by atoms with Crippen LogP contribution in [-0.4, -0.2) is 48.0 Å². The summed E-state index contributed by atoms with van der Waals surface area (Å²) >= 11 is 0. The van der Waals surface area contributed by atoms with E-state index in [1.54, 1.807) is 59.1 Å². The largest absolute Gasteiger partial charge is 0.497 e. The molecule has 162 valence electrons. The first-order valence-corrected chi connectivity index (χ1v) is 9.78. The molecule has 1 aromatic carbocycles. The van der Waals surface area contributed by atoms with Crippen LogP contribution in [0.2, 0.25) is 0 Å². The first kappa shape index (κ1) is 22.0. The summed E-state index contributed by atoms with van der Waals surface area (Å²) in [6.07, 6.45) is 0. The first-order valence-electron chi connectivity index (χ1n) is 9.78. The third kappa shape index (κ3) is 4.42. The summed E-state index contributed by atoms with van der Waals surface area (Å²) < 4.78 is 15.5. The summed E-state index contributed by atoms with van der Waals surface area (Å²) in [5, 5.41) is 0.742. The molecule has 0 aliphatic rings. The van der Waals surface area contributed by atoms with E-state index in [1.165, 1.54) is 0 Å². The van der Waals surface area contributed by atoms with Crippen LogP contribution in [0.15, 0.2) is 24.3 Å². The minimum atomic E-state index is -0.668. The maximum Gasteiger partial charge on any atom is 0.340 e. The zero-order valence-corrected chi connectivity index (χ0v) is 18.1. The number of pyridine rings is 1. The van der Waals surface area contributed by atoms with Gasteiger partial charge in [0.1, 0.15) is 5.75 Å². The number of aromatic nitrogens is 2. The third-order valence-electron chi connectivity index (χ3n) is 4.90. The average Bonchev–Trinajstić information content (AvgIpc) is 3.04. The number of aromatic amines is 1. The Bertz CT molecular complexity index is 1180. The van der Waals surface area contributed by atoms with E-state index in [1.807, 2.05) is 0 Å². The fraction of sp³-hybridized carbons (Fsp3) is 0.304. The van der Waals surface area contributed by atoms with Gasteiger partial charge in [-0.2, -0.15) is 0 Å². The molecular formula is C23H24N2O6. The number of Topliss-reactive ketones (excluding diaryl/α,β-unsaturated/α-hetero) is 1. The SMILES string of the molecule is CCOC(=O)c1c(C)[nH]c(C)c1C(=O)COC(=O)c1cc2ccc(OC)cc2nc1C. The van der Waals surface area contributed by atoms with E-state index in [0.29, 0.717) is 28.3 Å². The van der Waals surface area contributed by atoms with Crippen LogP contribution in [0.4, 0.5) is 0 Å². The molecule has 0 unspecified atom stereocenters. The van der Waals surface area contributed by atoms with Crippen molar-refractivity contribution in [3.8, 4) is 5.75 Å². The predicted octanol–water partition coefficient (Wildman–Crippen LogP) is 3.71. The van der Waals surface area contributed by atoms with Crippen LogP contribution in [0.1, 0.15) is 55.1 Å². The number of rotatable bonds is 7. The summed E-state index contributed by atoms with van der Waals surface area (Å²) in [6, 6.07) is 7.00. The maximum absolute atomic E-state index is 12.8. The second-order valence-corrected chi connectivity index (χ2v) is 7.02. The van der Waals surface area contributed by atoms with Crippen molar-refractivity contribution in [1.82, 2.24) is 9.97 Å². The van der Waals surface area contributed by atoms with Gasteiger partial charge in [-0.1, -0.05) is 0 Å². The van der Waals surface area contributed by atoms with Crippen molar-refractivity contribution in [3.63, 3.8) is 0 Å². The first-order chi connectivity index (χ1) is 14.8. The number of nitrogens with zero attached hydrogens (tertiary/aromatic N) is 1. The molecule has 0 aliphatic carbocycles. The van der Waals surface area contributed by atoms with Crippen LogP contribution < -0.4 is 4.74 Å². The number of hydrogen-bond acceptors (Lipinski definition) is 7. The zero-order valence-electron chi connectivity index (χ0n) is 18.1. The summed E-state index contributed by atoms with van der Waals surface area (Å²) in [7, 11) is 1.57. The summed E-state index contributed by atoms with van der Waals surface area (Å²) in [5.41, 5.74) is 2.79. The number of hydrogen-bond donors (Lipinski definition) is 1. The molecule has 31 heavy (non-hydrogen) atoms. The molecule has 3 rings (SSSR count). The lowest BCUT2D eigenvalue weighted by atomic mass is 10.1. The van der Waals surface area contributed by atoms with Gasteiger partial charge in [0.25, 0.3) is 0 Å². The highest BCUT2D eigenvalue weighted by Gasteiger charge is 2.26. The Hall–Kier alpha value is -3.68. The van der Waals surface area contributed by atoms with Gasteiger partial charge in [0.15, 0.2) is 6.61 Å². The summed E-state index contributed by atoms with van der Waals surface area (Å²) in [6.45, 7) is 6.41. The van der Waals surface area contributed by atoms with Gasteiger partial charge in [0.05, 0.1) is 41.6 Å². The molecule has 3 aromatic rings. The molecule has 0 saturated carbocycles. The van der Waals surface area contributed by atoms with Crippen LogP contribution >= 0.6 is 0 Å². The van der Waals surface area contributed by atoms with Crippen molar-refractivity contribution in [2.24, 2.45) is 0 Å². The van der Waals surface area contributed by atoms with Crippen molar-refractivity contribution in [2.45, 2.75) is 27.7 Å². The quantitative estimate of drug-likeness (QED) is 0.455. The van der Waals surface area contributed by atoms with Crippen molar-refractivity contribution < 1.29 is 28.6 Å². The molecule has 1 N–H and O–H groups in total. The number of H-pyrrole nitrogens is 1. The highest BCUT2D eigenvalue weighted by Crippen LogP contribution is 2.23. The minimum absolute atomic E-state index is 0.165. The van der Waals surface area contributed by atoms with Crippen LogP contribution in [0.25, 0.3) is 10.9 Å². The highest BCUT2D eigenvalue weighted by atomic mass is 16.5. The van der Waals surface area contributed by atoms with Gasteiger partial charge in [0.2, 0.25) is 5.78 Å². The number of aryl methyl sites for hydroxylation is 3. The van der Waals surface area contributed by atoms with Crippen LogP contribution in [0.5, 0.6) is 5.75 Å². The normalized spacial score (nSPS) is 10.7. The molecule has 0 amide bonds. The fourth-order valence-electron chi connectivity index (χ4n) is 3.45. The standard InChI is InChI=1S/C23H24N2O6/c1-6-30-23(28)21-14(4)24-13(3)20(21)19(26)11-31-22(27)17-9-15-7-8-16(29-5)10-18(15)25-12(17)2/h7-10,24H,6,11H2,1-5H3. The van der Waals surface area contributed by atoms with Gasteiger partial charge in [-0.25, -0.2) is 9.59 Å². The van der Waals surface area contributed by atoms with Gasteiger partial charge in [-0.05, 0) is 45.9 Å². The minimum Gasteiger partial charge on any atom is -0.497 e. The van der Waals surface area contributed by atoms with E-state index in [0.717, 1.165) is 5.39 Å². The molecule has 8 nitrogen and oxygen atoms in total. The van der Waals surface area contributed by atoms with Gasteiger partial charge >= 0.3 is 11.9 Å². The number of esters is 2. The van der Waals surface area contributed by atoms with Crippen molar-refractivity contribution in [1.29, 1.82) is 0 Å². The Balaban J connectivity index is 1.81. The van der Waals surface area contributed by atoms with Crippen LogP contribution in [-0.2, 0) is 9.47 Å². The Morgan fingerprint density at radius 3 is 2.35 bits per heavy atom. The van der Waals surface area contributed by atoms with E-state index in [2.05, 4.69) is 9.97 Å². The van der Waals surface area contributed by atoms with E-state index < -0.39 is 24.3 Å². The Labute approximate surface area is 179 Å². The maximum atomic E-state index is 12.8. The number of ether oxygens (including phenoxy) is 3. The second-order valence-electron chi connectivity index (χ2n) is 7.02. The van der Waals surface area contributed by atoms with Crippen molar-refractivity contribution >= 4 is 28.6 Å². The molecule has 0 radical (unpaired) electrons. The van der Waals surface area contributed by atoms with Gasteiger partial charge < -0.3 is 19.2 Å². The fourth-order valence-corrected chi connectivity index (χ4v) is 3.45. The molecule has 0 saturated heterocycles. The lowest BCUT2D eigenvalue weighted by Crippen LogP contribution is -2.18. The molecule has 2 heterocycles. The number of ketones is 1. The van der Waals surface area contributed by atoms with E-state index >= 15 is 0 Å². The lowest BCUT2D eigenvalue weighted by Gasteiger charge is -2.10. The number of carbonyl (C=O) groups is 3. The molecule has 0 atom stereocenters. The van der Waals surface area contributed by atoms with Gasteiger partial charge in [-0.3, -0.25) is 9.78 Å². The molecule has 8 heteroatoms. The third-order valence-corrected chi connectivity index (χ3v) is 4.90. The van der Waals surface area contributed by atoms with Crippen LogP contribution in [0.3, 0.4) is 0 Å². The molecule has 0 aliphatic heterocycles. The number of carbonyl (C=O) groups excluding carboxylic acids is 3. The van der Waals surface area contributed by atoms with Gasteiger partial charge in [-0.15, -0.1) is 0 Å². The van der Waals surface area contributed by atoms with E-state index in [9.17, 15) is 14.4 Å². The summed E-state index contributed by atoms with van der Waals surface area (Å²) in [4.78, 5) is 45.1. The predicted molar refractivity (Wildman–Crippen MR) is 114 cm³/mol. The summed E-state index contributed by atoms with van der Waals surface area (Å²) in [5.74, 6) is -1.09. The molecule has 0 fully saturated rings. The number of methoxy groups -OCH3 is 1. The van der Waals surface area contributed by atoms with Crippen LogP contribution in [0, 0.1) is 20.8 Å². The topological polar surface area (TPSA) is 108 Å². The monoisotopic (exact) mass is 424 g/mol. The zero-order chi connectivity index (χ0) is 22.7. The van der Waals surface area contributed by atoms with E-state index in [-0.39, 0.29) is 23.3 Å². The number of fused-ring (bicyclic) bond motifs is 1. The van der Waals surface area contributed by atoms with Crippen molar-refractivity contribution in [2.75, 3.05) is 20.3 Å².